The fraction of sp³-hybridized carbons (Fsp3) is 0.316. The normalized spacial score (nSPS) is 17.0. The second kappa shape index (κ2) is 6.73. The van der Waals surface area contributed by atoms with Gasteiger partial charge in [-0.3, -0.25) is 0 Å². The number of para-hydroxylation sites is 1. The molecule has 2 aromatic rings. The van der Waals surface area contributed by atoms with Gasteiger partial charge >= 0.3 is 5.97 Å². The third kappa shape index (κ3) is 3.16. The second-order valence-corrected chi connectivity index (χ2v) is 5.65. The van der Waals surface area contributed by atoms with E-state index in [-0.39, 0.29) is 5.97 Å². The third-order valence-corrected chi connectivity index (χ3v) is 4.26. The topological polar surface area (TPSA) is 38.8 Å². The van der Waals surface area contributed by atoms with Crippen LogP contribution < -0.4 is 9.64 Å². The molecule has 0 aliphatic carbocycles. The molecule has 3 rings (SSSR count). The third-order valence-electron chi connectivity index (χ3n) is 4.26. The van der Waals surface area contributed by atoms with Gasteiger partial charge in [0.25, 0.3) is 0 Å². The van der Waals surface area contributed by atoms with Crippen LogP contribution in [0.2, 0.25) is 0 Å². The Morgan fingerprint density at radius 1 is 1.26 bits per heavy atom. The molecule has 1 atom stereocenters. The van der Waals surface area contributed by atoms with Gasteiger partial charge in [0, 0.05) is 17.8 Å². The van der Waals surface area contributed by atoms with E-state index in [2.05, 4.69) is 36.1 Å². The van der Waals surface area contributed by atoms with Crippen LogP contribution in [0.25, 0.3) is 0 Å². The van der Waals surface area contributed by atoms with Crippen molar-refractivity contribution in [2.45, 2.75) is 25.9 Å². The Morgan fingerprint density at radius 3 is 2.74 bits per heavy atom. The first-order valence-corrected chi connectivity index (χ1v) is 7.88. The van der Waals surface area contributed by atoms with Crippen molar-refractivity contribution in [3.8, 4) is 5.75 Å². The van der Waals surface area contributed by atoms with Crippen molar-refractivity contribution >= 4 is 11.7 Å². The largest absolute Gasteiger partial charge is 0.491 e. The Morgan fingerprint density at radius 2 is 2.04 bits per heavy atom. The Balaban J connectivity index is 1.94. The number of esters is 1. The van der Waals surface area contributed by atoms with Crippen LogP contribution in [0.4, 0.5) is 5.69 Å². The van der Waals surface area contributed by atoms with E-state index in [1.807, 2.05) is 12.1 Å². The van der Waals surface area contributed by atoms with E-state index in [1.54, 1.807) is 12.1 Å². The van der Waals surface area contributed by atoms with Gasteiger partial charge < -0.3 is 14.4 Å². The van der Waals surface area contributed by atoms with Crippen LogP contribution in [0, 0.1) is 0 Å². The fourth-order valence-electron chi connectivity index (χ4n) is 2.91. The van der Waals surface area contributed by atoms with Crippen LogP contribution in [0.5, 0.6) is 5.75 Å². The maximum Gasteiger partial charge on any atom is 0.337 e. The molecule has 0 saturated heterocycles. The van der Waals surface area contributed by atoms with E-state index in [4.69, 9.17) is 9.47 Å². The van der Waals surface area contributed by atoms with Crippen LogP contribution in [-0.4, -0.2) is 25.7 Å². The number of anilines is 1. The van der Waals surface area contributed by atoms with E-state index in [1.165, 1.54) is 12.8 Å². The highest BCUT2D eigenvalue weighted by Crippen LogP contribution is 2.30. The standard InChI is InChI=1S/C19H21NO3/c1-3-16-13-23-18-11-14(19(21)22-2)9-10-15(18)12-20(16)17-7-5-4-6-8-17/h4-11,16H,3,12-13H2,1-2H3/t16-/m0/s1. The second-order valence-electron chi connectivity index (χ2n) is 5.65. The number of fused-ring (bicyclic) bond motifs is 1. The SMILES string of the molecule is CC[C@H]1COc2cc(C(=O)OC)ccc2CN1c1ccccc1. The van der Waals surface area contributed by atoms with E-state index in [0.29, 0.717) is 18.2 Å². The van der Waals surface area contributed by atoms with Gasteiger partial charge in [-0.1, -0.05) is 31.2 Å². The molecule has 1 aliphatic heterocycles. The molecule has 0 N–H and O–H groups in total. The van der Waals surface area contributed by atoms with Crippen LogP contribution in [0.1, 0.15) is 29.3 Å². The summed E-state index contributed by atoms with van der Waals surface area (Å²) in [6.07, 6.45) is 0.993. The van der Waals surface area contributed by atoms with Crippen LogP contribution in [-0.2, 0) is 11.3 Å². The molecule has 4 nitrogen and oxygen atoms in total. The number of carbonyl (C=O) groups is 1. The number of hydrogen-bond donors (Lipinski definition) is 0. The minimum atomic E-state index is -0.340. The highest BCUT2D eigenvalue weighted by molar-refractivity contribution is 5.90. The average molecular weight is 311 g/mol. The number of carbonyl (C=O) groups excluding carboxylic acids is 1. The molecule has 23 heavy (non-hydrogen) atoms. The lowest BCUT2D eigenvalue weighted by molar-refractivity contribution is 0.0600. The molecule has 0 amide bonds. The predicted molar refractivity (Wildman–Crippen MR) is 90.0 cm³/mol. The molecular weight excluding hydrogens is 290 g/mol. The monoisotopic (exact) mass is 311 g/mol. The number of hydrogen-bond acceptors (Lipinski definition) is 4. The summed E-state index contributed by atoms with van der Waals surface area (Å²) in [4.78, 5) is 14.1. The maximum atomic E-state index is 11.7. The van der Waals surface area contributed by atoms with Crippen LogP contribution >= 0.6 is 0 Å². The number of methoxy groups -OCH3 is 1. The predicted octanol–water partition coefficient (Wildman–Crippen LogP) is 3.65. The molecule has 0 radical (unpaired) electrons. The first kappa shape index (κ1) is 15.4. The zero-order valence-corrected chi connectivity index (χ0v) is 13.5. The van der Waals surface area contributed by atoms with Crippen LogP contribution in [0.15, 0.2) is 48.5 Å². The van der Waals surface area contributed by atoms with Crippen LogP contribution in [0.3, 0.4) is 0 Å². The van der Waals surface area contributed by atoms with Gasteiger partial charge in [0.05, 0.1) is 18.7 Å². The zero-order chi connectivity index (χ0) is 16.2. The molecule has 0 fully saturated rings. The maximum absolute atomic E-state index is 11.7. The smallest absolute Gasteiger partial charge is 0.337 e. The number of nitrogens with zero attached hydrogens (tertiary/aromatic N) is 1. The van der Waals surface area contributed by atoms with E-state index < -0.39 is 0 Å². The van der Waals surface area contributed by atoms with Crippen molar-refractivity contribution < 1.29 is 14.3 Å². The molecule has 0 spiro atoms. The summed E-state index contributed by atoms with van der Waals surface area (Å²) in [7, 11) is 1.39. The number of rotatable bonds is 3. The van der Waals surface area contributed by atoms with Gasteiger partial charge in [-0.25, -0.2) is 4.79 Å². The van der Waals surface area contributed by atoms with E-state index >= 15 is 0 Å². The van der Waals surface area contributed by atoms with Crippen molar-refractivity contribution in [2.75, 3.05) is 18.6 Å². The molecule has 2 aromatic carbocycles. The highest BCUT2D eigenvalue weighted by atomic mass is 16.5. The Bertz CT molecular complexity index is 684. The molecular formula is C19H21NO3. The van der Waals surface area contributed by atoms with Crippen molar-refractivity contribution in [1.29, 1.82) is 0 Å². The first-order chi connectivity index (χ1) is 11.2. The molecule has 4 heteroatoms. The molecule has 0 aromatic heterocycles. The van der Waals surface area contributed by atoms with Gasteiger partial charge in [0.15, 0.2) is 0 Å². The molecule has 0 unspecified atom stereocenters. The van der Waals surface area contributed by atoms with Gasteiger partial charge in [0.2, 0.25) is 0 Å². The molecule has 1 aliphatic rings. The van der Waals surface area contributed by atoms with E-state index in [9.17, 15) is 4.79 Å². The Hall–Kier alpha value is -2.49. The summed E-state index contributed by atoms with van der Waals surface area (Å²) in [5.41, 5.74) is 2.79. The van der Waals surface area contributed by atoms with Crippen molar-refractivity contribution in [2.24, 2.45) is 0 Å². The van der Waals surface area contributed by atoms with Gasteiger partial charge in [0.1, 0.15) is 12.4 Å². The Labute approximate surface area is 136 Å². The Kier molecular flexibility index (Phi) is 4.51. The molecule has 0 saturated carbocycles. The lowest BCUT2D eigenvalue weighted by Gasteiger charge is -2.30. The summed E-state index contributed by atoms with van der Waals surface area (Å²) < 4.78 is 10.8. The average Bonchev–Trinajstić information content (AvgIpc) is 2.80. The summed E-state index contributed by atoms with van der Waals surface area (Å²) in [6, 6.07) is 16.2. The first-order valence-electron chi connectivity index (χ1n) is 7.88. The molecule has 1 heterocycles. The van der Waals surface area contributed by atoms with Crippen molar-refractivity contribution in [1.82, 2.24) is 0 Å². The molecule has 0 bridgehead atoms. The minimum absolute atomic E-state index is 0.298. The highest BCUT2D eigenvalue weighted by Gasteiger charge is 2.24. The zero-order valence-electron chi connectivity index (χ0n) is 13.5. The minimum Gasteiger partial charge on any atom is -0.491 e. The molecule has 120 valence electrons. The van der Waals surface area contributed by atoms with Crippen molar-refractivity contribution in [3.63, 3.8) is 0 Å². The summed E-state index contributed by atoms with van der Waals surface area (Å²) in [6.45, 7) is 3.53. The summed E-state index contributed by atoms with van der Waals surface area (Å²) in [5, 5.41) is 0. The van der Waals surface area contributed by atoms with E-state index in [0.717, 1.165) is 24.3 Å². The van der Waals surface area contributed by atoms with Crippen molar-refractivity contribution in [3.05, 3.63) is 59.7 Å². The summed E-state index contributed by atoms with van der Waals surface area (Å²) >= 11 is 0. The number of benzene rings is 2. The fourth-order valence-corrected chi connectivity index (χ4v) is 2.91. The summed E-state index contributed by atoms with van der Waals surface area (Å²) in [5.74, 6) is 0.428. The lowest BCUT2D eigenvalue weighted by Crippen LogP contribution is -2.36. The van der Waals surface area contributed by atoms with Gasteiger partial charge in [-0.15, -0.1) is 0 Å². The van der Waals surface area contributed by atoms with Gasteiger partial charge in [-0.05, 0) is 30.7 Å². The number of ether oxygens (including phenoxy) is 2. The van der Waals surface area contributed by atoms with Gasteiger partial charge in [-0.2, -0.15) is 0 Å². The quantitative estimate of drug-likeness (QED) is 0.811. The lowest BCUT2D eigenvalue weighted by atomic mass is 10.1.